The first-order valence-corrected chi connectivity index (χ1v) is 8.39. The average Bonchev–Trinajstić information content (AvgIpc) is 2.94. The molecule has 3 rings (SSSR count). The molecule has 1 heterocycles. The highest BCUT2D eigenvalue weighted by atomic mass is 16.5. The number of carbonyl (C=O) groups excluding carboxylic acids is 1. The van der Waals surface area contributed by atoms with Crippen molar-refractivity contribution in [1.82, 2.24) is 0 Å². The molecule has 0 aromatic heterocycles. The molecule has 5 nitrogen and oxygen atoms in total. The number of hydrogen-bond donors (Lipinski definition) is 1. The minimum absolute atomic E-state index is 0.00159. The van der Waals surface area contributed by atoms with Gasteiger partial charge >= 0.3 is 0 Å². The molecule has 0 atom stereocenters. The standard InChI is InChI=1S/C21H22N2O3/c1-21(2,3)19-16(13-14-9-8-12-17(26-4)18(14)24)20(25)23(22-19)15-10-6-5-7-11-15/h5-13,24H,1-4H3. The van der Waals surface area contributed by atoms with E-state index in [4.69, 9.17) is 4.74 Å². The Bertz CT molecular complexity index is 893. The maximum atomic E-state index is 13.1. The number of nitrogens with zero attached hydrogens (tertiary/aromatic N) is 2. The monoisotopic (exact) mass is 350 g/mol. The van der Waals surface area contributed by atoms with Crippen LogP contribution in [0.2, 0.25) is 0 Å². The molecule has 134 valence electrons. The van der Waals surface area contributed by atoms with Crippen LogP contribution in [0.4, 0.5) is 5.69 Å². The topological polar surface area (TPSA) is 62.1 Å². The Balaban J connectivity index is 2.11. The molecule has 1 aliphatic rings. The van der Waals surface area contributed by atoms with Gasteiger partial charge in [0.05, 0.1) is 24.1 Å². The molecule has 2 aromatic rings. The third-order valence-electron chi connectivity index (χ3n) is 4.14. The van der Waals surface area contributed by atoms with Crippen LogP contribution in [0.15, 0.2) is 59.2 Å². The van der Waals surface area contributed by atoms with Gasteiger partial charge in [0.25, 0.3) is 5.91 Å². The van der Waals surface area contributed by atoms with Crippen LogP contribution in [0.5, 0.6) is 11.5 Å². The lowest BCUT2D eigenvalue weighted by Gasteiger charge is -2.18. The van der Waals surface area contributed by atoms with Crippen molar-refractivity contribution in [1.29, 1.82) is 0 Å². The zero-order chi connectivity index (χ0) is 18.9. The van der Waals surface area contributed by atoms with E-state index >= 15 is 0 Å². The third-order valence-corrected chi connectivity index (χ3v) is 4.14. The number of methoxy groups -OCH3 is 1. The van der Waals surface area contributed by atoms with Gasteiger partial charge in [-0.2, -0.15) is 10.1 Å². The van der Waals surface area contributed by atoms with Crippen LogP contribution in [0.1, 0.15) is 26.3 Å². The number of hydrogen-bond acceptors (Lipinski definition) is 4. The van der Waals surface area contributed by atoms with Crippen molar-refractivity contribution in [2.24, 2.45) is 10.5 Å². The number of aromatic hydroxyl groups is 1. The second kappa shape index (κ2) is 6.67. The van der Waals surface area contributed by atoms with E-state index in [0.717, 1.165) is 0 Å². The normalized spacial score (nSPS) is 16.2. The summed E-state index contributed by atoms with van der Waals surface area (Å²) in [6.45, 7) is 6.02. The lowest BCUT2D eigenvalue weighted by molar-refractivity contribution is -0.114. The molecule has 0 fully saturated rings. The highest BCUT2D eigenvalue weighted by molar-refractivity contribution is 6.34. The number of phenolic OH excluding ortho intramolecular Hbond substituents is 1. The van der Waals surface area contributed by atoms with Gasteiger partial charge in [0.2, 0.25) is 0 Å². The second-order valence-electron chi connectivity index (χ2n) is 7.11. The first-order chi connectivity index (χ1) is 12.3. The smallest absolute Gasteiger partial charge is 0.280 e. The van der Waals surface area contributed by atoms with Crippen LogP contribution in [-0.2, 0) is 4.79 Å². The molecule has 26 heavy (non-hydrogen) atoms. The number of amides is 1. The number of rotatable bonds is 3. The van der Waals surface area contributed by atoms with Crippen LogP contribution >= 0.6 is 0 Å². The molecular weight excluding hydrogens is 328 g/mol. The summed E-state index contributed by atoms with van der Waals surface area (Å²) in [4.78, 5) is 13.1. The molecule has 0 spiro atoms. The number of ether oxygens (including phenoxy) is 1. The summed E-state index contributed by atoms with van der Waals surface area (Å²) in [7, 11) is 1.49. The number of benzene rings is 2. The molecule has 5 heteroatoms. The Morgan fingerprint density at radius 3 is 2.38 bits per heavy atom. The fourth-order valence-corrected chi connectivity index (χ4v) is 2.82. The van der Waals surface area contributed by atoms with Gasteiger partial charge in [-0.1, -0.05) is 51.1 Å². The summed E-state index contributed by atoms with van der Waals surface area (Å²) >= 11 is 0. The summed E-state index contributed by atoms with van der Waals surface area (Å²) in [6.07, 6.45) is 1.67. The summed E-state index contributed by atoms with van der Waals surface area (Å²) < 4.78 is 5.16. The molecular formula is C21H22N2O3. The van der Waals surface area contributed by atoms with Crippen molar-refractivity contribution in [3.63, 3.8) is 0 Å². The van der Waals surface area contributed by atoms with Crippen LogP contribution in [0.3, 0.4) is 0 Å². The highest BCUT2D eigenvalue weighted by Crippen LogP contribution is 2.35. The average molecular weight is 350 g/mol. The molecule has 0 unspecified atom stereocenters. The van der Waals surface area contributed by atoms with Gasteiger partial charge in [0.15, 0.2) is 11.5 Å². The summed E-state index contributed by atoms with van der Waals surface area (Å²) in [5.41, 5.74) is 2.02. The van der Waals surface area contributed by atoms with E-state index in [1.807, 2.05) is 51.1 Å². The fourth-order valence-electron chi connectivity index (χ4n) is 2.82. The minimum Gasteiger partial charge on any atom is -0.504 e. The Morgan fingerprint density at radius 2 is 1.77 bits per heavy atom. The summed E-state index contributed by atoms with van der Waals surface area (Å²) in [5.74, 6) is 0.143. The quantitative estimate of drug-likeness (QED) is 0.843. The van der Waals surface area contributed by atoms with E-state index in [-0.39, 0.29) is 17.1 Å². The van der Waals surface area contributed by atoms with Gasteiger partial charge in [-0.15, -0.1) is 0 Å². The van der Waals surface area contributed by atoms with Crippen LogP contribution in [0.25, 0.3) is 6.08 Å². The van der Waals surface area contributed by atoms with E-state index in [9.17, 15) is 9.90 Å². The SMILES string of the molecule is COc1cccc(C=C2C(=O)N(c3ccccc3)N=C2C(C)(C)C)c1O. The molecule has 1 N–H and O–H groups in total. The van der Waals surface area contributed by atoms with E-state index in [1.165, 1.54) is 12.1 Å². The second-order valence-corrected chi connectivity index (χ2v) is 7.11. The van der Waals surface area contributed by atoms with Gasteiger partial charge in [-0.3, -0.25) is 4.79 Å². The molecule has 0 aliphatic carbocycles. The summed E-state index contributed by atoms with van der Waals surface area (Å²) in [5, 5.41) is 16.4. The predicted octanol–water partition coefficient (Wildman–Crippen LogP) is 4.23. The highest BCUT2D eigenvalue weighted by Gasteiger charge is 2.37. The zero-order valence-corrected chi connectivity index (χ0v) is 15.4. The van der Waals surface area contributed by atoms with Gasteiger partial charge in [0.1, 0.15) is 0 Å². The summed E-state index contributed by atoms with van der Waals surface area (Å²) in [6, 6.07) is 14.5. The number of para-hydroxylation sites is 2. The van der Waals surface area contributed by atoms with Crippen molar-refractivity contribution >= 4 is 23.4 Å². The van der Waals surface area contributed by atoms with Crippen molar-refractivity contribution in [2.75, 3.05) is 12.1 Å². The molecule has 0 bridgehead atoms. The largest absolute Gasteiger partial charge is 0.504 e. The molecule has 1 amide bonds. The van der Waals surface area contributed by atoms with Crippen LogP contribution in [0, 0.1) is 5.41 Å². The Labute approximate surface area is 153 Å². The zero-order valence-electron chi connectivity index (χ0n) is 15.4. The van der Waals surface area contributed by atoms with E-state index < -0.39 is 0 Å². The third kappa shape index (κ3) is 3.20. The Morgan fingerprint density at radius 1 is 1.08 bits per heavy atom. The van der Waals surface area contributed by atoms with Crippen LogP contribution < -0.4 is 9.75 Å². The number of anilines is 1. The van der Waals surface area contributed by atoms with Crippen molar-refractivity contribution in [2.45, 2.75) is 20.8 Å². The molecule has 0 saturated heterocycles. The fraction of sp³-hybridized carbons (Fsp3) is 0.238. The molecule has 2 aromatic carbocycles. The maximum absolute atomic E-state index is 13.1. The van der Waals surface area contributed by atoms with Gasteiger partial charge in [-0.05, 0) is 24.3 Å². The Kier molecular flexibility index (Phi) is 4.55. The lowest BCUT2D eigenvalue weighted by Crippen LogP contribution is -2.24. The maximum Gasteiger partial charge on any atom is 0.280 e. The predicted molar refractivity (Wildman–Crippen MR) is 103 cm³/mol. The van der Waals surface area contributed by atoms with E-state index in [1.54, 1.807) is 24.3 Å². The molecule has 1 aliphatic heterocycles. The Hall–Kier alpha value is -3.08. The lowest BCUT2D eigenvalue weighted by atomic mass is 9.85. The van der Waals surface area contributed by atoms with Gasteiger partial charge < -0.3 is 9.84 Å². The number of phenols is 1. The van der Waals surface area contributed by atoms with E-state index in [0.29, 0.717) is 28.3 Å². The minimum atomic E-state index is -0.334. The van der Waals surface area contributed by atoms with Gasteiger partial charge in [-0.25, -0.2) is 0 Å². The van der Waals surface area contributed by atoms with Gasteiger partial charge in [0, 0.05) is 11.0 Å². The first-order valence-electron chi connectivity index (χ1n) is 8.39. The van der Waals surface area contributed by atoms with E-state index in [2.05, 4.69) is 5.10 Å². The first kappa shape index (κ1) is 17.7. The van der Waals surface area contributed by atoms with Crippen LogP contribution in [-0.4, -0.2) is 23.8 Å². The molecule has 0 radical (unpaired) electrons. The van der Waals surface area contributed by atoms with Crippen molar-refractivity contribution in [3.8, 4) is 11.5 Å². The molecule has 0 saturated carbocycles. The number of hydrazone groups is 1. The van der Waals surface area contributed by atoms with Crippen molar-refractivity contribution in [3.05, 3.63) is 59.7 Å². The van der Waals surface area contributed by atoms with Crippen molar-refractivity contribution < 1.29 is 14.6 Å². The number of carbonyl (C=O) groups is 1.